The first-order chi connectivity index (χ1) is 10.5. The third kappa shape index (κ3) is 2.93. The average Bonchev–Trinajstić information content (AvgIpc) is 3.07. The van der Waals surface area contributed by atoms with Gasteiger partial charge in [0.15, 0.2) is 0 Å². The molecule has 0 radical (unpaired) electrons. The Morgan fingerprint density at radius 1 is 1.18 bits per heavy atom. The molecule has 2 heterocycles. The van der Waals surface area contributed by atoms with E-state index in [4.69, 9.17) is 0 Å². The molecule has 3 rings (SSSR count). The highest BCUT2D eigenvalue weighted by Gasteiger charge is 2.43. The smallest absolute Gasteiger partial charge is 0.146 e. The maximum Gasteiger partial charge on any atom is 0.146 e. The number of aromatic nitrogens is 3. The summed E-state index contributed by atoms with van der Waals surface area (Å²) in [5.41, 5.74) is -0.500. The molecule has 0 aromatic carbocycles. The zero-order chi connectivity index (χ0) is 15.7. The van der Waals surface area contributed by atoms with E-state index < -0.39 is 5.60 Å². The highest BCUT2D eigenvalue weighted by molar-refractivity contribution is 5.00. The monoisotopic (exact) mass is 306 g/mol. The summed E-state index contributed by atoms with van der Waals surface area (Å²) in [6.45, 7) is 6.14. The van der Waals surface area contributed by atoms with Crippen LogP contribution < -0.4 is 0 Å². The van der Waals surface area contributed by atoms with Crippen LogP contribution in [0.2, 0.25) is 0 Å². The average molecular weight is 306 g/mol. The molecule has 22 heavy (non-hydrogen) atoms. The molecule has 124 valence electrons. The summed E-state index contributed by atoms with van der Waals surface area (Å²) in [6, 6.07) is 0.497. The molecule has 2 fully saturated rings. The second kappa shape index (κ2) is 6.28. The number of hydrogen-bond donors (Lipinski definition) is 1. The third-order valence-electron chi connectivity index (χ3n) is 5.84. The maximum absolute atomic E-state index is 10.8. The minimum Gasteiger partial charge on any atom is -0.390 e. The predicted octanol–water partition coefficient (Wildman–Crippen LogP) is 2.28. The summed E-state index contributed by atoms with van der Waals surface area (Å²) < 4.78 is 2.13. The van der Waals surface area contributed by atoms with Crippen molar-refractivity contribution in [1.29, 1.82) is 0 Å². The first kappa shape index (κ1) is 15.9. The van der Waals surface area contributed by atoms with Crippen molar-refractivity contribution < 1.29 is 5.11 Å². The zero-order valence-corrected chi connectivity index (χ0v) is 14.3. The molecule has 5 nitrogen and oxygen atoms in total. The van der Waals surface area contributed by atoms with E-state index in [0.29, 0.717) is 12.0 Å². The molecule has 3 unspecified atom stereocenters. The molecule has 1 aliphatic heterocycles. The first-order valence-electron chi connectivity index (χ1n) is 8.86. The second-order valence-electron chi connectivity index (χ2n) is 7.33. The van der Waals surface area contributed by atoms with Gasteiger partial charge in [-0.25, -0.2) is 0 Å². The Kier molecular flexibility index (Phi) is 4.55. The fourth-order valence-electron chi connectivity index (χ4n) is 4.48. The van der Waals surface area contributed by atoms with Gasteiger partial charge in [-0.15, -0.1) is 10.2 Å². The van der Waals surface area contributed by atoms with Crippen LogP contribution in [-0.4, -0.2) is 43.0 Å². The molecule has 0 amide bonds. The number of aliphatic hydroxyl groups is 1. The van der Waals surface area contributed by atoms with Crippen LogP contribution in [0.15, 0.2) is 0 Å². The number of nitrogens with zero attached hydrogens (tertiary/aromatic N) is 4. The van der Waals surface area contributed by atoms with E-state index in [-0.39, 0.29) is 0 Å². The van der Waals surface area contributed by atoms with Gasteiger partial charge in [0.2, 0.25) is 0 Å². The van der Waals surface area contributed by atoms with Crippen molar-refractivity contribution in [3.8, 4) is 0 Å². The summed E-state index contributed by atoms with van der Waals surface area (Å²) in [5.74, 6) is 2.51. The van der Waals surface area contributed by atoms with Gasteiger partial charge in [0, 0.05) is 25.4 Å². The normalized spacial score (nSPS) is 33.5. The standard InChI is InChI=1S/C17H30N4O/c1-4-15-18-19-16(20(15)3)12-21-11-7-9-14(21)13-8-5-6-10-17(13,2)22/h13-14,22H,4-12H2,1-3H3. The second-order valence-corrected chi connectivity index (χ2v) is 7.33. The fourth-order valence-corrected chi connectivity index (χ4v) is 4.48. The van der Waals surface area contributed by atoms with E-state index in [0.717, 1.165) is 44.0 Å². The van der Waals surface area contributed by atoms with Crippen LogP contribution >= 0.6 is 0 Å². The molecule has 2 aliphatic rings. The van der Waals surface area contributed by atoms with Crippen LogP contribution in [0.1, 0.15) is 64.0 Å². The molecule has 5 heteroatoms. The largest absolute Gasteiger partial charge is 0.390 e. The SMILES string of the molecule is CCc1nnc(CN2CCCC2C2CCCCC2(C)O)n1C. The van der Waals surface area contributed by atoms with E-state index in [2.05, 4.69) is 33.6 Å². The molecule has 1 saturated heterocycles. The van der Waals surface area contributed by atoms with Crippen molar-refractivity contribution in [3.63, 3.8) is 0 Å². The lowest BCUT2D eigenvalue weighted by atomic mass is 9.72. The van der Waals surface area contributed by atoms with Crippen molar-refractivity contribution in [2.75, 3.05) is 6.54 Å². The van der Waals surface area contributed by atoms with Crippen molar-refractivity contribution >= 4 is 0 Å². The van der Waals surface area contributed by atoms with Gasteiger partial charge in [0.05, 0.1) is 12.1 Å². The summed E-state index contributed by atoms with van der Waals surface area (Å²) in [4.78, 5) is 2.54. The fraction of sp³-hybridized carbons (Fsp3) is 0.882. The maximum atomic E-state index is 10.8. The van der Waals surface area contributed by atoms with Crippen LogP contribution in [0.5, 0.6) is 0 Å². The number of rotatable bonds is 4. The van der Waals surface area contributed by atoms with Gasteiger partial charge >= 0.3 is 0 Å². The van der Waals surface area contributed by atoms with Gasteiger partial charge < -0.3 is 9.67 Å². The minimum absolute atomic E-state index is 0.405. The molecule has 0 bridgehead atoms. The van der Waals surface area contributed by atoms with E-state index >= 15 is 0 Å². The molecular formula is C17H30N4O. The number of hydrogen-bond acceptors (Lipinski definition) is 4. The highest BCUT2D eigenvalue weighted by Crippen LogP contribution is 2.40. The van der Waals surface area contributed by atoms with Gasteiger partial charge in [-0.05, 0) is 39.2 Å². The lowest BCUT2D eigenvalue weighted by molar-refractivity contribution is -0.0632. The Hall–Kier alpha value is -0.940. The Morgan fingerprint density at radius 3 is 2.64 bits per heavy atom. The van der Waals surface area contributed by atoms with Crippen LogP contribution in [0.3, 0.4) is 0 Å². The van der Waals surface area contributed by atoms with Crippen LogP contribution in [0, 0.1) is 5.92 Å². The quantitative estimate of drug-likeness (QED) is 0.927. The van der Waals surface area contributed by atoms with Crippen molar-refractivity contribution in [2.45, 2.75) is 77.0 Å². The van der Waals surface area contributed by atoms with Gasteiger partial charge in [0.25, 0.3) is 0 Å². The lowest BCUT2D eigenvalue weighted by Gasteiger charge is -2.43. The molecule has 1 aliphatic carbocycles. The molecule has 3 atom stereocenters. The van der Waals surface area contributed by atoms with Crippen molar-refractivity contribution in [1.82, 2.24) is 19.7 Å². The van der Waals surface area contributed by atoms with Crippen molar-refractivity contribution in [3.05, 3.63) is 11.6 Å². The summed E-state index contributed by atoms with van der Waals surface area (Å²) in [7, 11) is 2.07. The number of aryl methyl sites for hydroxylation is 1. The molecule has 1 N–H and O–H groups in total. The van der Waals surface area contributed by atoms with Crippen LogP contribution in [0.25, 0.3) is 0 Å². The first-order valence-corrected chi connectivity index (χ1v) is 8.86. The molecule has 0 spiro atoms. The number of likely N-dealkylation sites (tertiary alicyclic amines) is 1. The van der Waals surface area contributed by atoms with E-state index in [1.807, 2.05) is 6.92 Å². The zero-order valence-electron chi connectivity index (χ0n) is 14.3. The van der Waals surface area contributed by atoms with Gasteiger partial charge in [-0.3, -0.25) is 4.90 Å². The topological polar surface area (TPSA) is 54.2 Å². The Bertz CT molecular complexity index is 511. The Balaban J connectivity index is 1.74. The van der Waals surface area contributed by atoms with Gasteiger partial charge in [-0.2, -0.15) is 0 Å². The molecule has 1 aromatic rings. The Labute approximate surface area is 133 Å². The summed E-state index contributed by atoms with van der Waals surface area (Å²) in [5, 5.41) is 19.5. The summed E-state index contributed by atoms with van der Waals surface area (Å²) >= 11 is 0. The van der Waals surface area contributed by atoms with Crippen LogP contribution in [-0.2, 0) is 20.0 Å². The minimum atomic E-state index is -0.500. The van der Waals surface area contributed by atoms with E-state index in [1.54, 1.807) is 0 Å². The van der Waals surface area contributed by atoms with Gasteiger partial charge in [-0.1, -0.05) is 19.8 Å². The third-order valence-corrected chi connectivity index (χ3v) is 5.84. The van der Waals surface area contributed by atoms with Crippen molar-refractivity contribution in [2.24, 2.45) is 13.0 Å². The van der Waals surface area contributed by atoms with E-state index in [9.17, 15) is 5.11 Å². The summed E-state index contributed by atoms with van der Waals surface area (Å²) in [6.07, 6.45) is 7.90. The highest BCUT2D eigenvalue weighted by atomic mass is 16.3. The van der Waals surface area contributed by atoms with Gasteiger partial charge in [0.1, 0.15) is 11.6 Å². The predicted molar refractivity (Wildman–Crippen MR) is 86.4 cm³/mol. The Morgan fingerprint density at radius 2 is 1.95 bits per heavy atom. The molecule has 1 saturated carbocycles. The van der Waals surface area contributed by atoms with Crippen LogP contribution in [0.4, 0.5) is 0 Å². The lowest BCUT2D eigenvalue weighted by Crippen LogP contribution is -2.48. The molecule has 1 aromatic heterocycles. The van der Waals surface area contributed by atoms with E-state index in [1.165, 1.54) is 25.7 Å². The molecular weight excluding hydrogens is 276 g/mol.